The second kappa shape index (κ2) is 9.32. The number of nitrogens with zero attached hydrogens (tertiary/aromatic N) is 1. The van der Waals surface area contributed by atoms with Gasteiger partial charge in [-0.3, -0.25) is 9.59 Å². The van der Waals surface area contributed by atoms with Crippen molar-refractivity contribution in [3.05, 3.63) is 58.6 Å². The first-order valence-corrected chi connectivity index (χ1v) is 10.6. The number of benzene rings is 2. The van der Waals surface area contributed by atoms with E-state index in [1.54, 1.807) is 18.2 Å². The molecule has 0 bridgehead atoms. The van der Waals surface area contributed by atoms with Crippen molar-refractivity contribution in [3.8, 4) is 0 Å². The zero-order valence-corrected chi connectivity index (χ0v) is 17.6. The van der Waals surface area contributed by atoms with Gasteiger partial charge in [0.1, 0.15) is 0 Å². The van der Waals surface area contributed by atoms with E-state index in [9.17, 15) is 18.0 Å². The molecule has 0 unspecified atom stereocenters. The molecule has 0 aliphatic rings. The normalized spacial score (nSPS) is 11.5. The summed E-state index contributed by atoms with van der Waals surface area (Å²) >= 11 is 5.90. The number of rotatable bonds is 8. The molecule has 150 valence electrons. The Kier molecular flexibility index (Phi) is 7.35. The van der Waals surface area contributed by atoms with Gasteiger partial charge in [0, 0.05) is 36.3 Å². The lowest BCUT2D eigenvalue weighted by molar-refractivity contribution is -0.116. The van der Waals surface area contributed by atoms with Crippen LogP contribution in [-0.2, 0) is 14.8 Å². The van der Waals surface area contributed by atoms with E-state index in [2.05, 4.69) is 5.32 Å². The van der Waals surface area contributed by atoms with Crippen molar-refractivity contribution in [2.75, 3.05) is 18.9 Å². The van der Waals surface area contributed by atoms with Gasteiger partial charge in [-0.15, -0.1) is 0 Å². The predicted molar refractivity (Wildman–Crippen MR) is 110 cm³/mol. The maximum Gasteiger partial charge on any atom is 0.242 e. The fourth-order valence-corrected chi connectivity index (χ4v) is 4.04. The molecule has 1 amide bonds. The van der Waals surface area contributed by atoms with Gasteiger partial charge in [0.15, 0.2) is 5.78 Å². The number of halogens is 1. The molecule has 6 nitrogen and oxygen atoms in total. The van der Waals surface area contributed by atoms with Crippen LogP contribution < -0.4 is 5.32 Å². The van der Waals surface area contributed by atoms with Gasteiger partial charge >= 0.3 is 0 Å². The molecule has 0 aliphatic carbocycles. The van der Waals surface area contributed by atoms with Gasteiger partial charge in [0.05, 0.1) is 4.90 Å². The SMILES string of the molecule is CC(=O)c1ccc(S(=O)(=O)N(C)CCCC(=O)Nc2ccc(Cl)cc2C)cc1. The Morgan fingerprint density at radius 2 is 1.75 bits per heavy atom. The maximum absolute atomic E-state index is 12.6. The monoisotopic (exact) mass is 422 g/mol. The van der Waals surface area contributed by atoms with Crippen molar-refractivity contribution in [1.29, 1.82) is 0 Å². The molecule has 2 aromatic carbocycles. The van der Waals surface area contributed by atoms with Crippen LogP contribution in [0.25, 0.3) is 0 Å². The first kappa shape index (κ1) is 22.1. The van der Waals surface area contributed by atoms with Crippen LogP contribution in [0.2, 0.25) is 5.02 Å². The van der Waals surface area contributed by atoms with Gasteiger partial charge in [-0.05, 0) is 56.2 Å². The van der Waals surface area contributed by atoms with Crippen LogP contribution in [0.1, 0.15) is 35.7 Å². The molecule has 0 heterocycles. The molecule has 0 saturated carbocycles. The number of aryl methyl sites for hydroxylation is 1. The number of nitrogens with one attached hydrogen (secondary N) is 1. The number of hydrogen-bond donors (Lipinski definition) is 1. The second-order valence-corrected chi connectivity index (χ2v) is 9.00. The lowest BCUT2D eigenvalue weighted by Crippen LogP contribution is -2.28. The van der Waals surface area contributed by atoms with E-state index in [-0.39, 0.29) is 29.6 Å². The van der Waals surface area contributed by atoms with Crippen molar-refractivity contribution in [3.63, 3.8) is 0 Å². The van der Waals surface area contributed by atoms with Crippen LogP contribution in [0.3, 0.4) is 0 Å². The highest BCUT2D eigenvalue weighted by Crippen LogP contribution is 2.20. The van der Waals surface area contributed by atoms with E-state index < -0.39 is 10.0 Å². The summed E-state index contributed by atoms with van der Waals surface area (Å²) in [6, 6.07) is 11.0. The molecule has 0 radical (unpaired) electrons. The van der Waals surface area contributed by atoms with E-state index in [4.69, 9.17) is 11.6 Å². The third-order valence-electron chi connectivity index (χ3n) is 4.31. The van der Waals surface area contributed by atoms with Gasteiger partial charge in [-0.1, -0.05) is 23.7 Å². The molecule has 2 aromatic rings. The average molecular weight is 423 g/mol. The average Bonchev–Trinajstić information content (AvgIpc) is 2.64. The summed E-state index contributed by atoms with van der Waals surface area (Å²) in [4.78, 5) is 23.5. The Morgan fingerprint density at radius 1 is 1.11 bits per heavy atom. The van der Waals surface area contributed by atoms with Crippen molar-refractivity contribution in [1.82, 2.24) is 4.31 Å². The minimum atomic E-state index is -3.67. The smallest absolute Gasteiger partial charge is 0.242 e. The third kappa shape index (κ3) is 5.64. The standard InChI is InChI=1S/C20H23ClN2O4S/c1-14-13-17(21)8-11-19(14)22-20(25)5-4-12-23(3)28(26,27)18-9-6-16(7-10-18)15(2)24/h6-11,13H,4-5,12H2,1-3H3,(H,22,25). The fraction of sp³-hybridized carbons (Fsp3) is 0.300. The molecule has 0 spiro atoms. The Labute approximate surface area is 170 Å². The number of anilines is 1. The van der Waals surface area contributed by atoms with Crippen LogP contribution in [-0.4, -0.2) is 38.0 Å². The highest BCUT2D eigenvalue weighted by molar-refractivity contribution is 7.89. The van der Waals surface area contributed by atoms with Gasteiger partial charge in [-0.25, -0.2) is 12.7 Å². The summed E-state index contributed by atoms with van der Waals surface area (Å²) in [5.41, 5.74) is 1.99. The number of amides is 1. The van der Waals surface area contributed by atoms with E-state index in [1.165, 1.54) is 42.5 Å². The molecule has 0 atom stereocenters. The summed E-state index contributed by atoms with van der Waals surface area (Å²) in [6.45, 7) is 3.47. The molecule has 28 heavy (non-hydrogen) atoms. The summed E-state index contributed by atoms with van der Waals surface area (Å²) in [5, 5.41) is 3.40. The summed E-state index contributed by atoms with van der Waals surface area (Å²) < 4.78 is 26.4. The van der Waals surface area contributed by atoms with Crippen LogP contribution in [0, 0.1) is 6.92 Å². The van der Waals surface area contributed by atoms with Gasteiger partial charge in [-0.2, -0.15) is 0 Å². The fourth-order valence-electron chi connectivity index (χ4n) is 2.60. The predicted octanol–water partition coefficient (Wildman–Crippen LogP) is 3.89. The number of ketones is 1. The van der Waals surface area contributed by atoms with Crippen LogP contribution in [0.15, 0.2) is 47.4 Å². The Balaban J connectivity index is 1.90. The van der Waals surface area contributed by atoms with E-state index >= 15 is 0 Å². The molecule has 2 rings (SSSR count). The molecule has 0 aromatic heterocycles. The maximum atomic E-state index is 12.6. The molecule has 0 saturated heterocycles. The van der Waals surface area contributed by atoms with Crippen molar-refractivity contribution in [2.45, 2.75) is 31.6 Å². The number of carbonyl (C=O) groups is 2. The van der Waals surface area contributed by atoms with Crippen LogP contribution in [0.4, 0.5) is 5.69 Å². The first-order chi connectivity index (χ1) is 13.1. The highest BCUT2D eigenvalue weighted by atomic mass is 35.5. The van der Waals surface area contributed by atoms with Gasteiger partial charge in [0.25, 0.3) is 0 Å². The van der Waals surface area contributed by atoms with E-state index in [0.717, 1.165) is 5.56 Å². The zero-order chi connectivity index (χ0) is 20.9. The largest absolute Gasteiger partial charge is 0.326 e. The first-order valence-electron chi connectivity index (χ1n) is 8.74. The molecule has 0 aliphatic heterocycles. The zero-order valence-electron chi connectivity index (χ0n) is 16.0. The molecule has 1 N–H and O–H groups in total. The van der Waals surface area contributed by atoms with Crippen molar-refractivity contribution >= 4 is 39.0 Å². The highest BCUT2D eigenvalue weighted by Gasteiger charge is 2.20. The Bertz CT molecular complexity index is 972. The summed E-state index contributed by atoms with van der Waals surface area (Å²) in [7, 11) is -2.21. The number of sulfonamides is 1. The number of carbonyl (C=O) groups excluding carboxylic acids is 2. The minimum absolute atomic E-state index is 0.112. The number of hydrogen-bond acceptors (Lipinski definition) is 4. The van der Waals surface area contributed by atoms with Crippen molar-refractivity contribution in [2.24, 2.45) is 0 Å². The Hall–Kier alpha value is -2.22. The van der Waals surface area contributed by atoms with Crippen LogP contribution in [0.5, 0.6) is 0 Å². The third-order valence-corrected chi connectivity index (χ3v) is 6.41. The minimum Gasteiger partial charge on any atom is -0.326 e. The van der Waals surface area contributed by atoms with Crippen LogP contribution >= 0.6 is 11.6 Å². The van der Waals surface area contributed by atoms with Gasteiger partial charge < -0.3 is 5.32 Å². The van der Waals surface area contributed by atoms with E-state index in [1.807, 2.05) is 6.92 Å². The topological polar surface area (TPSA) is 83.6 Å². The lowest BCUT2D eigenvalue weighted by atomic mass is 10.2. The molecule has 0 fully saturated rings. The van der Waals surface area contributed by atoms with E-state index in [0.29, 0.717) is 22.7 Å². The van der Waals surface area contributed by atoms with Crippen molar-refractivity contribution < 1.29 is 18.0 Å². The summed E-state index contributed by atoms with van der Waals surface area (Å²) in [5.74, 6) is -0.318. The summed E-state index contributed by atoms with van der Waals surface area (Å²) in [6.07, 6.45) is 0.560. The second-order valence-electron chi connectivity index (χ2n) is 6.52. The quantitative estimate of drug-likeness (QED) is 0.654. The molecular formula is C20H23ClN2O4S. The molecule has 8 heteroatoms. The number of Topliss-reactive ketones (excluding diaryl/α,β-unsaturated/α-hetero) is 1. The van der Waals surface area contributed by atoms with Gasteiger partial charge in [0.2, 0.25) is 15.9 Å². The Morgan fingerprint density at radius 3 is 2.32 bits per heavy atom. The molecular weight excluding hydrogens is 400 g/mol. The lowest BCUT2D eigenvalue weighted by Gasteiger charge is -2.17.